The zero-order valence-corrected chi connectivity index (χ0v) is 12.1. The first-order valence-electron chi connectivity index (χ1n) is 7.63. The second-order valence-corrected chi connectivity index (χ2v) is 5.05. The lowest BCUT2D eigenvalue weighted by Crippen LogP contribution is -1.86. The van der Waals surface area contributed by atoms with E-state index in [1.807, 2.05) is 0 Å². The second-order valence-electron chi connectivity index (χ2n) is 5.05. The molecule has 0 amide bonds. The minimum atomic E-state index is 1.23. The lowest BCUT2D eigenvalue weighted by atomic mass is 9.98. The predicted molar refractivity (Wildman–Crippen MR) is 82.7 cm³/mol. The Labute approximate surface area is 113 Å². The third-order valence-electron chi connectivity index (χ3n) is 3.39. The lowest BCUT2D eigenvalue weighted by Gasteiger charge is -2.07. The third kappa shape index (κ3) is 6.05. The Balaban J connectivity index is 2.52. The van der Waals surface area contributed by atoms with Gasteiger partial charge in [0.15, 0.2) is 0 Å². The number of hydrogen-bond acceptors (Lipinski definition) is 0. The van der Waals surface area contributed by atoms with Crippen molar-refractivity contribution in [2.24, 2.45) is 0 Å². The summed E-state index contributed by atoms with van der Waals surface area (Å²) < 4.78 is 0. The average molecular weight is 244 g/mol. The molecular weight excluding hydrogens is 216 g/mol. The molecule has 0 aliphatic carbocycles. The summed E-state index contributed by atoms with van der Waals surface area (Å²) in [5, 5.41) is 0. The smallest absolute Gasteiger partial charge is 0.0228 e. The molecule has 0 saturated carbocycles. The van der Waals surface area contributed by atoms with Crippen LogP contribution < -0.4 is 0 Å². The summed E-state index contributed by atoms with van der Waals surface area (Å²) in [7, 11) is 0. The van der Waals surface area contributed by atoms with Crippen molar-refractivity contribution in [3.05, 3.63) is 42.0 Å². The monoisotopic (exact) mass is 244 g/mol. The summed E-state index contributed by atoms with van der Waals surface area (Å²) in [4.78, 5) is 0. The van der Waals surface area contributed by atoms with Gasteiger partial charge in [-0.25, -0.2) is 0 Å². The van der Waals surface area contributed by atoms with E-state index < -0.39 is 0 Å². The first kappa shape index (κ1) is 15.0. The Hall–Kier alpha value is -1.04. The van der Waals surface area contributed by atoms with Crippen LogP contribution in [0.5, 0.6) is 0 Å². The fraction of sp³-hybridized carbons (Fsp3) is 0.556. The van der Waals surface area contributed by atoms with Gasteiger partial charge in [-0.2, -0.15) is 0 Å². The number of unbranched alkanes of at least 4 members (excludes halogenated alkanes) is 5. The first-order valence-corrected chi connectivity index (χ1v) is 7.63. The van der Waals surface area contributed by atoms with Crippen LogP contribution in [0.15, 0.2) is 36.4 Å². The maximum absolute atomic E-state index is 2.47. The van der Waals surface area contributed by atoms with Crippen LogP contribution in [0.4, 0.5) is 0 Å². The Morgan fingerprint density at radius 3 is 2.28 bits per heavy atom. The molecule has 0 aliphatic heterocycles. The normalized spacial score (nSPS) is 11.8. The SMILES string of the molecule is CCCCCCC=C(CCCC)c1ccccc1. The topological polar surface area (TPSA) is 0 Å². The minimum Gasteiger partial charge on any atom is -0.0807 e. The number of rotatable bonds is 9. The molecule has 100 valence electrons. The van der Waals surface area contributed by atoms with E-state index in [-0.39, 0.29) is 0 Å². The van der Waals surface area contributed by atoms with Gasteiger partial charge in [0.1, 0.15) is 0 Å². The van der Waals surface area contributed by atoms with Crippen molar-refractivity contribution in [1.82, 2.24) is 0 Å². The van der Waals surface area contributed by atoms with E-state index in [0.29, 0.717) is 0 Å². The molecule has 0 atom stereocenters. The van der Waals surface area contributed by atoms with Crippen LogP contribution in [0.1, 0.15) is 70.8 Å². The Bertz CT molecular complexity index is 321. The summed E-state index contributed by atoms with van der Waals surface area (Å²) in [6.45, 7) is 4.54. The molecule has 0 nitrogen and oxygen atoms in total. The highest BCUT2D eigenvalue weighted by molar-refractivity contribution is 5.65. The zero-order valence-electron chi connectivity index (χ0n) is 12.1. The second kappa shape index (κ2) is 9.94. The first-order chi connectivity index (χ1) is 8.88. The van der Waals surface area contributed by atoms with Crippen molar-refractivity contribution >= 4 is 5.57 Å². The molecule has 18 heavy (non-hydrogen) atoms. The molecule has 1 rings (SSSR count). The fourth-order valence-corrected chi connectivity index (χ4v) is 2.23. The number of allylic oxidation sites excluding steroid dienone is 2. The summed E-state index contributed by atoms with van der Waals surface area (Å²) in [5.74, 6) is 0. The van der Waals surface area contributed by atoms with Crippen LogP contribution in [0.3, 0.4) is 0 Å². The van der Waals surface area contributed by atoms with Gasteiger partial charge in [0.2, 0.25) is 0 Å². The molecule has 0 heteroatoms. The van der Waals surface area contributed by atoms with E-state index in [1.165, 1.54) is 56.9 Å². The predicted octanol–water partition coefficient (Wildman–Crippen LogP) is 6.23. The Kier molecular flexibility index (Phi) is 8.29. The van der Waals surface area contributed by atoms with Gasteiger partial charge in [0, 0.05) is 0 Å². The highest BCUT2D eigenvalue weighted by atomic mass is 14.1. The van der Waals surface area contributed by atoms with Gasteiger partial charge in [-0.15, -0.1) is 0 Å². The number of hydrogen-bond donors (Lipinski definition) is 0. The van der Waals surface area contributed by atoms with Gasteiger partial charge in [-0.1, -0.05) is 75.9 Å². The van der Waals surface area contributed by atoms with Crippen LogP contribution in [-0.2, 0) is 0 Å². The molecule has 1 aromatic carbocycles. The number of benzene rings is 1. The van der Waals surface area contributed by atoms with Crippen LogP contribution in [0.25, 0.3) is 5.57 Å². The molecule has 0 radical (unpaired) electrons. The molecule has 0 saturated heterocycles. The van der Waals surface area contributed by atoms with Gasteiger partial charge >= 0.3 is 0 Å². The Morgan fingerprint density at radius 2 is 1.61 bits per heavy atom. The minimum absolute atomic E-state index is 1.23. The average Bonchev–Trinajstić information content (AvgIpc) is 2.43. The highest BCUT2D eigenvalue weighted by Crippen LogP contribution is 2.22. The van der Waals surface area contributed by atoms with Gasteiger partial charge in [0.05, 0.1) is 0 Å². The molecule has 0 N–H and O–H groups in total. The van der Waals surface area contributed by atoms with Crippen LogP contribution in [-0.4, -0.2) is 0 Å². The Morgan fingerprint density at radius 1 is 0.889 bits per heavy atom. The van der Waals surface area contributed by atoms with Gasteiger partial charge in [-0.05, 0) is 36.8 Å². The van der Waals surface area contributed by atoms with Crippen molar-refractivity contribution in [3.63, 3.8) is 0 Å². The molecule has 0 unspecified atom stereocenters. The van der Waals surface area contributed by atoms with Crippen molar-refractivity contribution in [1.29, 1.82) is 0 Å². The maximum Gasteiger partial charge on any atom is -0.0228 e. The molecular formula is C18H28. The van der Waals surface area contributed by atoms with E-state index in [2.05, 4.69) is 50.3 Å². The maximum atomic E-state index is 2.47. The van der Waals surface area contributed by atoms with Gasteiger partial charge in [-0.3, -0.25) is 0 Å². The van der Waals surface area contributed by atoms with E-state index in [1.54, 1.807) is 5.57 Å². The molecule has 0 spiro atoms. The zero-order chi connectivity index (χ0) is 13.1. The van der Waals surface area contributed by atoms with E-state index in [4.69, 9.17) is 0 Å². The molecule has 0 aliphatic rings. The van der Waals surface area contributed by atoms with Crippen LogP contribution in [0, 0.1) is 0 Å². The van der Waals surface area contributed by atoms with E-state index >= 15 is 0 Å². The summed E-state index contributed by atoms with van der Waals surface area (Å²) in [6, 6.07) is 10.9. The van der Waals surface area contributed by atoms with E-state index in [0.717, 1.165) is 0 Å². The van der Waals surface area contributed by atoms with Crippen molar-refractivity contribution in [2.75, 3.05) is 0 Å². The van der Waals surface area contributed by atoms with Gasteiger partial charge in [0.25, 0.3) is 0 Å². The van der Waals surface area contributed by atoms with Gasteiger partial charge < -0.3 is 0 Å². The quantitative estimate of drug-likeness (QED) is 0.452. The largest absolute Gasteiger partial charge is 0.0807 e. The summed E-state index contributed by atoms with van der Waals surface area (Å²) in [5.41, 5.74) is 2.97. The lowest BCUT2D eigenvalue weighted by molar-refractivity contribution is 0.674. The summed E-state index contributed by atoms with van der Waals surface area (Å²) in [6.07, 6.45) is 13.0. The summed E-state index contributed by atoms with van der Waals surface area (Å²) >= 11 is 0. The third-order valence-corrected chi connectivity index (χ3v) is 3.39. The molecule has 0 fully saturated rings. The fourth-order valence-electron chi connectivity index (χ4n) is 2.23. The van der Waals surface area contributed by atoms with Crippen LogP contribution in [0.2, 0.25) is 0 Å². The highest BCUT2D eigenvalue weighted by Gasteiger charge is 2.00. The molecule has 0 aromatic heterocycles. The molecule has 0 heterocycles. The molecule has 1 aromatic rings. The van der Waals surface area contributed by atoms with E-state index in [9.17, 15) is 0 Å². The molecule has 0 bridgehead atoms. The van der Waals surface area contributed by atoms with Crippen molar-refractivity contribution in [2.45, 2.75) is 65.2 Å². The van der Waals surface area contributed by atoms with Crippen molar-refractivity contribution < 1.29 is 0 Å². The standard InChI is InChI=1S/C18H28/c1-3-5-7-8-10-14-17(13-6-4-2)18-15-11-9-12-16-18/h9,11-12,14-16H,3-8,10,13H2,1-2H3. The van der Waals surface area contributed by atoms with Crippen LogP contribution >= 0.6 is 0 Å². The van der Waals surface area contributed by atoms with Crippen molar-refractivity contribution in [3.8, 4) is 0 Å².